The van der Waals surface area contributed by atoms with E-state index in [9.17, 15) is 9.59 Å². The Morgan fingerprint density at radius 3 is 2.43 bits per heavy atom. The molecule has 0 spiro atoms. The van der Waals surface area contributed by atoms with E-state index < -0.39 is 11.8 Å². The van der Waals surface area contributed by atoms with Crippen molar-refractivity contribution in [3.05, 3.63) is 66.2 Å². The van der Waals surface area contributed by atoms with Gasteiger partial charge in [-0.1, -0.05) is 18.7 Å². The lowest BCUT2D eigenvalue weighted by atomic mass is 10.1. The molecule has 2 N–H and O–H groups in total. The minimum absolute atomic E-state index is 0.289. The summed E-state index contributed by atoms with van der Waals surface area (Å²) >= 11 is 0. The molecular formula is C22H25N3O5. The van der Waals surface area contributed by atoms with Crippen molar-refractivity contribution in [2.45, 2.75) is 6.42 Å². The molecule has 0 aliphatic rings. The van der Waals surface area contributed by atoms with Gasteiger partial charge in [0.25, 0.3) is 0 Å². The summed E-state index contributed by atoms with van der Waals surface area (Å²) in [5.74, 6) is 0.324. The minimum atomic E-state index is -0.843. The molecule has 158 valence electrons. The van der Waals surface area contributed by atoms with E-state index in [1.54, 1.807) is 50.6 Å². The summed E-state index contributed by atoms with van der Waals surface area (Å²) in [6, 6.07) is 12.6. The van der Waals surface area contributed by atoms with Gasteiger partial charge in [0.1, 0.15) is 12.4 Å². The van der Waals surface area contributed by atoms with E-state index in [1.165, 1.54) is 6.21 Å². The lowest BCUT2D eigenvalue weighted by Crippen LogP contribution is -2.38. The van der Waals surface area contributed by atoms with Crippen molar-refractivity contribution in [2.24, 2.45) is 5.10 Å². The lowest BCUT2D eigenvalue weighted by Gasteiger charge is -2.10. The van der Waals surface area contributed by atoms with Gasteiger partial charge < -0.3 is 19.5 Å². The second-order valence-electron chi connectivity index (χ2n) is 6.06. The average molecular weight is 411 g/mol. The maximum absolute atomic E-state index is 11.9. The van der Waals surface area contributed by atoms with Crippen molar-refractivity contribution in [2.75, 3.05) is 27.4 Å². The molecule has 0 heterocycles. The molecule has 2 aromatic rings. The van der Waals surface area contributed by atoms with Gasteiger partial charge in [-0.2, -0.15) is 5.10 Å². The van der Waals surface area contributed by atoms with Gasteiger partial charge in [-0.25, -0.2) is 5.43 Å². The number of hydrogen-bond acceptors (Lipinski definition) is 6. The summed E-state index contributed by atoms with van der Waals surface area (Å²) < 4.78 is 15.8. The third-order valence-electron chi connectivity index (χ3n) is 3.98. The fourth-order valence-corrected chi connectivity index (χ4v) is 2.46. The Kier molecular flexibility index (Phi) is 8.92. The smallest absolute Gasteiger partial charge is 0.329 e. The van der Waals surface area contributed by atoms with E-state index in [4.69, 9.17) is 14.2 Å². The molecule has 0 unspecified atom stereocenters. The van der Waals surface area contributed by atoms with Gasteiger partial charge in [0.15, 0.2) is 11.5 Å². The monoisotopic (exact) mass is 411 g/mol. The van der Waals surface area contributed by atoms with Crippen LogP contribution in [0, 0.1) is 0 Å². The highest BCUT2D eigenvalue weighted by Gasteiger charge is 2.12. The molecule has 0 radical (unpaired) electrons. The highest BCUT2D eigenvalue weighted by Crippen LogP contribution is 2.27. The fraction of sp³-hybridized carbons (Fsp3) is 0.227. The number of nitrogens with zero attached hydrogens (tertiary/aromatic N) is 1. The van der Waals surface area contributed by atoms with Crippen molar-refractivity contribution in [1.29, 1.82) is 0 Å². The zero-order valence-electron chi connectivity index (χ0n) is 17.0. The van der Waals surface area contributed by atoms with E-state index in [2.05, 4.69) is 22.4 Å². The van der Waals surface area contributed by atoms with E-state index in [0.717, 1.165) is 11.1 Å². The second kappa shape index (κ2) is 11.9. The van der Waals surface area contributed by atoms with Crippen LogP contribution in [-0.2, 0) is 16.0 Å². The Bertz CT molecular complexity index is 894. The van der Waals surface area contributed by atoms with Crippen LogP contribution in [0.4, 0.5) is 0 Å². The van der Waals surface area contributed by atoms with E-state index in [-0.39, 0.29) is 6.54 Å². The van der Waals surface area contributed by atoms with Crippen LogP contribution in [0.5, 0.6) is 17.2 Å². The molecule has 0 atom stereocenters. The van der Waals surface area contributed by atoms with Gasteiger partial charge in [-0.15, -0.1) is 0 Å². The quantitative estimate of drug-likeness (QED) is 0.270. The number of carbonyl (C=O) groups is 2. The van der Waals surface area contributed by atoms with Crippen molar-refractivity contribution in [3.63, 3.8) is 0 Å². The first kappa shape index (κ1) is 22.5. The van der Waals surface area contributed by atoms with Crippen LogP contribution in [0.1, 0.15) is 11.1 Å². The molecule has 0 saturated carbocycles. The molecule has 0 bridgehead atoms. The number of nitrogens with one attached hydrogen (secondary N) is 2. The largest absolute Gasteiger partial charge is 0.493 e. The zero-order chi connectivity index (χ0) is 21.8. The molecule has 2 aromatic carbocycles. The van der Waals surface area contributed by atoms with Crippen LogP contribution in [0.2, 0.25) is 0 Å². The Balaban J connectivity index is 1.76. The second-order valence-corrected chi connectivity index (χ2v) is 6.06. The summed E-state index contributed by atoms with van der Waals surface area (Å²) in [4.78, 5) is 23.7. The van der Waals surface area contributed by atoms with Crippen LogP contribution >= 0.6 is 0 Å². The number of carbonyl (C=O) groups excluding carboxylic acids is 2. The van der Waals surface area contributed by atoms with Gasteiger partial charge in [0, 0.05) is 6.54 Å². The maximum Gasteiger partial charge on any atom is 0.329 e. The highest BCUT2D eigenvalue weighted by molar-refractivity contribution is 6.35. The average Bonchev–Trinajstić information content (AvgIpc) is 2.78. The molecule has 0 aliphatic heterocycles. The summed E-state index contributed by atoms with van der Waals surface area (Å²) in [5.41, 5.74) is 3.88. The fourth-order valence-electron chi connectivity index (χ4n) is 2.46. The summed E-state index contributed by atoms with van der Waals surface area (Å²) in [5, 5.41) is 6.34. The molecular weight excluding hydrogens is 386 g/mol. The number of hydrazone groups is 1. The van der Waals surface area contributed by atoms with E-state index >= 15 is 0 Å². The zero-order valence-corrected chi connectivity index (χ0v) is 17.0. The predicted molar refractivity (Wildman–Crippen MR) is 114 cm³/mol. The lowest BCUT2D eigenvalue weighted by molar-refractivity contribution is -0.139. The number of ether oxygens (including phenoxy) is 3. The highest BCUT2D eigenvalue weighted by atomic mass is 16.5. The first-order chi connectivity index (χ1) is 14.6. The molecule has 8 heteroatoms. The van der Waals surface area contributed by atoms with Crippen molar-refractivity contribution in [3.8, 4) is 17.2 Å². The van der Waals surface area contributed by atoms with Crippen LogP contribution in [0.3, 0.4) is 0 Å². The van der Waals surface area contributed by atoms with Crippen molar-refractivity contribution < 1.29 is 23.8 Å². The summed E-state index contributed by atoms with van der Waals surface area (Å²) in [7, 11) is 3.12. The number of rotatable bonds is 10. The SMILES string of the molecule is C=CCOc1ccc(/C=N/NC(=O)C(=O)NCCc2ccc(OC)c(OC)c2)cc1. The molecule has 2 rings (SSSR count). The number of amides is 2. The molecule has 0 saturated heterocycles. The van der Waals surface area contributed by atoms with E-state index in [0.29, 0.717) is 30.3 Å². The third-order valence-corrected chi connectivity index (χ3v) is 3.98. The maximum atomic E-state index is 11.9. The van der Waals surface area contributed by atoms with E-state index in [1.807, 2.05) is 12.1 Å². The number of methoxy groups -OCH3 is 2. The number of benzene rings is 2. The van der Waals surface area contributed by atoms with Crippen molar-refractivity contribution >= 4 is 18.0 Å². The Morgan fingerprint density at radius 2 is 1.77 bits per heavy atom. The van der Waals surface area contributed by atoms with Gasteiger partial charge in [-0.05, 0) is 53.9 Å². The first-order valence-corrected chi connectivity index (χ1v) is 9.23. The molecule has 0 fully saturated rings. The van der Waals surface area contributed by atoms with Crippen LogP contribution in [0.15, 0.2) is 60.2 Å². The van der Waals surface area contributed by atoms with Gasteiger partial charge in [0.2, 0.25) is 0 Å². The van der Waals surface area contributed by atoms with Gasteiger partial charge in [0.05, 0.1) is 20.4 Å². The Morgan fingerprint density at radius 1 is 1.03 bits per heavy atom. The van der Waals surface area contributed by atoms with Gasteiger partial charge in [-0.3, -0.25) is 9.59 Å². The molecule has 0 aliphatic carbocycles. The van der Waals surface area contributed by atoms with Crippen molar-refractivity contribution in [1.82, 2.24) is 10.7 Å². The van der Waals surface area contributed by atoms with Gasteiger partial charge >= 0.3 is 11.8 Å². The molecule has 0 aromatic heterocycles. The summed E-state index contributed by atoms with van der Waals surface area (Å²) in [6.45, 7) is 4.29. The first-order valence-electron chi connectivity index (χ1n) is 9.23. The third kappa shape index (κ3) is 6.97. The Labute approximate surface area is 175 Å². The molecule has 8 nitrogen and oxygen atoms in total. The molecule has 30 heavy (non-hydrogen) atoms. The topological polar surface area (TPSA) is 98.2 Å². The predicted octanol–water partition coefficient (Wildman–Crippen LogP) is 2.08. The Hall–Kier alpha value is -3.81. The van der Waals surface area contributed by atoms with Crippen LogP contribution in [-0.4, -0.2) is 45.4 Å². The van der Waals surface area contributed by atoms with Crippen LogP contribution < -0.4 is 25.0 Å². The summed E-state index contributed by atoms with van der Waals surface area (Å²) in [6.07, 6.45) is 3.62. The standard InChI is InChI=1S/C22H25N3O5/c1-4-13-30-18-8-5-17(6-9-18)15-24-25-22(27)21(26)23-12-11-16-7-10-19(28-2)20(14-16)29-3/h4-10,14-15H,1,11-13H2,2-3H3,(H,23,26)(H,25,27)/b24-15+. The number of hydrogen-bond donors (Lipinski definition) is 2. The normalized spacial score (nSPS) is 10.3. The molecule has 2 amide bonds. The minimum Gasteiger partial charge on any atom is -0.493 e. The van der Waals surface area contributed by atoms with Crippen LogP contribution in [0.25, 0.3) is 0 Å².